The summed E-state index contributed by atoms with van der Waals surface area (Å²) in [6.45, 7) is 1.12. The molecule has 2 amide bonds. The molecule has 166 valence electrons. The number of benzene rings is 2. The lowest BCUT2D eigenvalue weighted by Gasteiger charge is -2.22. The van der Waals surface area contributed by atoms with Gasteiger partial charge in [0.15, 0.2) is 29.0 Å². The number of amides is 2. The van der Waals surface area contributed by atoms with Crippen LogP contribution in [-0.4, -0.2) is 62.0 Å². The molecule has 0 unspecified atom stereocenters. The lowest BCUT2D eigenvalue weighted by atomic mass is 10.1. The number of methoxy groups -OCH3 is 2. The molecule has 0 bridgehead atoms. The van der Waals surface area contributed by atoms with E-state index in [1.165, 1.54) is 19.1 Å². The summed E-state index contributed by atoms with van der Waals surface area (Å²) in [5.41, 5.74) is 0.229. The van der Waals surface area contributed by atoms with Gasteiger partial charge in [-0.05, 0) is 36.2 Å². The predicted octanol–water partition coefficient (Wildman–Crippen LogP) is 3.04. The highest BCUT2D eigenvalue weighted by Crippen LogP contribution is 2.28. The molecule has 0 aliphatic carbocycles. The summed E-state index contributed by atoms with van der Waals surface area (Å²) in [7, 11) is 3.04. The number of halogens is 3. The van der Waals surface area contributed by atoms with Crippen molar-refractivity contribution in [3.05, 3.63) is 58.9 Å². The van der Waals surface area contributed by atoms with Crippen molar-refractivity contribution in [2.24, 2.45) is 0 Å². The molecule has 1 aliphatic heterocycles. The molecule has 6 nitrogen and oxygen atoms in total. The maximum atomic E-state index is 14.0. The van der Waals surface area contributed by atoms with Crippen molar-refractivity contribution in [1.29, 1.82) is 0 Å². The van der Waals surface area contributed by atoms with Gasteiger partial charge in [0.1, 0.15) is 0 Å². The van der Waals surface area contributed by atoms with Crippen molar-refractivity contribution in [3.63, 3.8) is 0 Å². The summed E-state index contributed by atoms with van der Waals surface area (Å²) < 4.78 is 51.1. The fraction of sp³-hybridized carbons (Fsp3) is 0.364. The largest absolute Gasteiger partial charge is 0.493 e. The number of hydrogen-bond donors (Lipinski definition) is 0. The van der Waals surface area contributed by atoms with Gasteiger partial charge in [-0.3, -0.25) is 9.59 Å². The summed E-state index contributed by atoms with van der Waals surface area (Å²) in [5, 5.41) is 0. The van der Waals surface area contributed by atoms with Gasteiger partial charge in [0.05, 0.1) is 26.2 Å². The van der Waals surface area contributed by atoms with Crippen molar-refractivity contribution in [1.82, 2.24) is 9.80 Å². The Labute approximate surface area is 178 Å². The third-order valence-electron chi connectivity index (χ3n) is 5.20. The van der Waals surface area contributed by atoms with E-state index in [0.717, 1.165) is 17.7 Å². The van der Waals surface area contributed by atoms with Gasteiger partial charge in [-0.1, -0.05) is 6.07 Å². The second-order valence-corrected chi connectivity index (χ2v) is 7.12. The van der Waals surface area contributed by atoms with Crippen LogP contribution in [0.4, 0.5) is 13.2 Å². The molecule has 0 spiro atoms. The Balaban J connectivity index is 1.65. The molecule has 1 saturated heterocycles. The molecule has 3 rings (SSSR count). The van der Waals surface area contributed by atoms with Crippen LogP contribution in [-0.2, 0) is 11.2 Å². The average Bonchev–Trinajstić information content (AvgIpc) is 3.03. The van der Waals surface area contributed by atoms with E-state index in [1.54, 1.807) is 23.1 Å². The summed E-state index contributed by atoms with van der Waals surface area (Å²) >= 11 is 0. The SMILES string of the molecule is COc1ccc(CC(=O)N2CCCN(C(=O)c3ccc(F)c(F)c3F)CC2)cc1OC. The Morgan fingerprint density at radius 3 is 2.26 bits per heavy atom. The van der Waals surface area contributed by atoms with Gasteiger partial charge < -0.3 is 19.3 Å². The highest BCUT2D eigenvalue weighted by atomic mass is 19.2. The molecule has 0 N–H and O–H groups in total. The molecule has 2 aromatic rings. The van der Waals surface area contributed by atoms with E-state index in [0.29, 0.717) is 24.5 Å². The Morgan fingerprint density at radius 2 is 1.55 bits per heavy atom. The lowest BCUT2D eigenvalue weighted by molar-refractivity contribution is -0.130. The quantitative estimate of drug-likeness (QED) is 0.677. The number of carbonyl (C=O) groups is 2. The van der Waals surface area contributed by atoms with Crippen LogP contribution in [0.2, 0.25) is 0 Å². The minimum absolute atomic E-state index is 0.125. The summed E-state index contributed by atoms with van der Waals surface area (Å²) in [5.74, 6) is -4.30. The van der Waals surface area contributed by atoms with Gasteiger partial charge in [0, 0.05) is 26.2 Å². The van der Waals surface area contributed by atoms with Crippen LogP contribution in [0.15, 0.2) is 30.3 Å². The zero-order chi connectivity index (χ0) is 22.5. The molecule has 0 saturated carbocycles. The van der Waals surface area contributed by atoms with Gasteiger partial charge in [-0.25, -0.2) is 13.2 Å². The number of carbonyl (C=O) groups excluding carboxylic acids is 2. The van der Waals surface area contributed by atoms with Crippen LogP contribution in [0.1, 0.15) is 22.3 Å². The first-order valence-electron chi connectivity index (χ1n) is 9.77. The van der Waals surface area contributed by atoms with E-state index in [1.807, 2.05) is 0 Å². The lowest BCUT2D eigenvalue weighted by Crippen LogP contribution is -2.38. The van der Waals surface area contributed by atoms with Gasteiger partial charge in [0.25, 0.3) is 5.91 Å². The van der Waals surface area contributed by atoms with Crippen molar-refractivity contribution in [2.45, 2.75) is 12.8 Å². The zero-order valence-corrected chi connectivity index (χ0v) is 17.3. The van der Waals surface area contributed by atoms with Gasteiger partial charge in [-0.2, -0.15) is 0 Å². The van der Waals surface area contributed by atoms with E-state index >= 15 is 0 Å². The zero-order valence-electron chi connectivity index (χ0n) is 17.3. The van der Waals surface area contributed by atoms with Crippen LogP contribution in [0, 0.1) is 17.5 Å². The summed E-state index contributed by atoms with van der Waals surface area (Å²) in [6.07, 6.45) is 0.626. The van der Waals surface area contributed by atoms with Gasteiger partial charge >= 0.3 is 0 Å². The maximum Gasteiger partial charge on any atom is 0.257 e. The van der Waals surface area contributed by atoms with Crippen LogP contribution in [0.3, 0.4) is 0 Å². The van der Waals surface area contributed by atoms with Gasteiger partial charge in [-0.15, -0.1) is 0 Å². The minimum atomic E-state index is -1.67. The van der Waals surface area contributed by atoms with E-state index in [-0.39, 0.29) is 32.0 Å². The van der Waals surface area contributed by atoms with E-state index in [9.17, 15) is 22.8 Å². The van der Waals surface area contributed by atoms with Crippen LogP contribution < -0.4 is 9.47 Å². The number of hydrogen-bond acceptors (Lipinski definition) is 4. The highest BCUT2D eigenvalue weighted by molar-refractivity contribution is 5.94. The fourth-order valence-corrected chi connectivity index (χ4v) is 3.51. The van der Waals surface area contributed by atoms with E-state index < -0.39 is 28.9 Å². The Bertz CT molecular complexity index is 983. The molecule has 9 heteroatoms. The Morgan fingerprint density at radius 1 is 0.871 bits per heavy atom. The molecule has 0 aromatic heterocycles. The van der Waals surface area contributed by atoms with Crippen LogP contribution in [0.25, 0.3) is 0 Å². The van der Waals surface area contributed by atoms with Crippen LogP contribution >= 0.6 is 0 Å². The molecule has 31 heavy (non-hydrogen) atoms. The second kappa shape index (κ2) is 9.72. The number of rotatable bonds is 5. The van der Waals surface area contributed by atoms with Crippen molar-refractivity contribution in [2.75, 3.05) is 40.4 Å². The molecule has 1 aliphatic rings. The van der Waals surface area contributed by atoms with Crippen molar-refractivity contribution < 1.29 is 32.2 Å². The molecule has 0 radical (unpaired) electrons. The first kappa shape index (κ1) is 22.5. The van der Waals surface area contributed by atoms with Crippen molar-refractivity contribution >= 4 is 11.8 Å². The molecule has 1 heterocycles. The smallest absolute Gasteiger partial charge is 0.257 e. The molecule has 2 aromatic carbocycles. The highest BCUT2D eigenvalue weighted by Gasteiger charge is 2.26. The molecule has 1 fully saturated rings. The summed E-state index contributed by atoms with van der Waals surface area (Å²) in [4.78, 5) is 28.3. The van der Waals surface area contributed by atoms with Crippen LogP contribution in [0.5, 0.6) is 11.5 Å². The number of ether oxygens (including phenoxy) is 2. The topological polar surface area (TPSA) is 59.1 Å². The standard InChI is InChI=1S/C22H23F3N2O4/c1-30-17-7-4-14(12-18(17)31-2)13-19(28)26-8-3-9-27(11-10-26)22(29)15-5-6-16(23)21(25)20(15)24/h4-7,12H,3,8-11,13H2,1-2H3. The summed E-state index contributed by atoms with van der Waals surface area (Å²) in [6, 6.07) is 6.89. The normalized spacial score (nSPS) is 14.2. The van der Waals surface area contributed by atoms with Crippen molar-refractivity contribution in [3.8, 4) is 11.5 Å². The predicted molar refractivity (Wildman–Crippen MR) is 107 cm³/mol. The average molecular weight is 436 g/mol. The third-order valence-corrected chi connectivity index (χ3v) is 5.20. The number of nitrogens with zero attached hydrogens (tertiary/aromatic N) is 2. The Hall–Kier alpha value is -3.23. The molecular weight excluding hydrogens is 413 g/mol. The minimum Gasteiger partial charge on any atom is -0.493 e. The maximum absolute atomic E-state index is 14.0. The van der Waals surface area contributed by atoms with E-state index in [2.05, 4.69) is 0 Å². The van der Waals surface area contributed by atoms with E-state index in [4.69, 9.17) is 9.47 Å². The second-order valence-electron chi connectivity index (χ2n) is 7.12. The third kappa shape index (κ3) is 4.92. The Kier molecular flexibility index (Phi) is 7.04. The van der Waals surface area contributed by atoms with Gasteiger partial charge in [0.2, 0.25) is 5.91 Å². The first-order valence-corrected chi connectivity index (χ1v) is 9.77. The fourth-order valence-electron chi connectivity index (χ4n) is 3.51. The first-order chi connectivity index (χ1) is 14.8. The molecule has 0 atom stereocenters. The monoisotopic (exact) mass is 436 g/mol. The molecular formula is C22H23F3N2O4.